The van der Waals surface area contributed by atoms with Gasteiger partial charge in [0.2, 0.25) is 4.80 Å². The van der Waals surface area contributed by atoms with Crippen LogP contribution in [-0.2, 0) is 7.05 Å². The lowest BCUT2D eigenvalue weighted by molar-refractivity contribution is 0.102. The van der Waals surface area contributed by atoms with Crippen molar-refractivity contribution in [3.05, 3.63) is 106 Å². The molecule has 0 saturated heterocycles. The number of hydrogen-bond donors (Lipinski definition) is 1. The Kier molecular flexibility index (Phi) is 6.19. The first-order chi connectivity index (χ1) is 15.1. The van der Waals surface area contributed by atoms with E-state index in [1.54, 1.807) is 6.21 Å². The molecule has 0 atom stereocenters. The Morgan fingerprint density at radius 3 is 2.26 bits per heavy atom. The molecular formula is C25H22N4OS. The normalized spacial score (nSPS) is 11.7. The van der Waals surface area contributed by atoms with Crippen LogP contribution in [0, 0.1) is 6.92 Å². The Morgan fingerprint density at radius 1 is 0.935 bits per heavy atom. The van der Waals surface area contributed by atoms with Crippen LogP contribution in [0.1, 0.15) is 21.5 Å². The molecule has 1 heterocycles. The third kappa shape index (κ3) is 4.87. The van der Waals surface area contributed by atoms with Crippen LogP contribution >= 0.6 is 11.3 Å². The number of aryl methyl sites for hydroxylation is 1. The van der Waals surface area contributed by atoms with Gasteiger partial charge < -0.3 is 9.88 Å². The van der Waals surface area contributed by atoms with E-state index < -0.39 is 0 Å². The van der Waals surface area contributed by atoms with Gasteiger partial charge in [-0.2, -0.15) is 5.10 Å². The van der Waals surface area contributed by atoms with E-state index in [1.165, 1.54) is 11.3 Å². The van der Waals surface area contributed by atoms with E-state index in [0.717, 1.165) is 27.4 Å². The van der Waals surface area contributed by atoms with Crippen LogP contribution in [0.5, 0.6) is 0 Å². The highest BCUT2D eigenvalue weighted by atomic mass is 32.1. The molecule has 0 radical (unpaired) electrons. The van der Waals surface area contributed by atoms with Crippen LogP contribution in [0.15, 0.2) is 95.1 Å². The van der Waals surface area contributed by atoms with E-state index in [9.17, 15) is 4.79 Å². The first kappa shape index (κ1) is 20.5. The Morgan fingerprint density at radius 2 is 1.58 bits per heavy atom. The molecule has 154 valence electrons. The van der Waals surface area contributed by atoms with Crippen molar-refractivity contribution >= 4 is 28.5 Å². The molecule has 0 aliphatic heterocycles. The minimum absolute atomic E-state index is 0.154. The van der Waals surface area contributed by atoms with E-state index in [1.807, 2.05) is 103 Å². The van der Waals surface area contributed by atoms with E-state index in [2.05, 4.69) is 15.5 Å². The molecule has 4 rings (SSSR count). The largest absolute Gasteiger partial charge is 0.316 e. The van der Waals surface area contributed by atoms with Gasteiger partial charge in [-0.25, -0.2) is 0 Å². The second kappa shape index (κ2) is 9.36. The predicted octanol–water partition coefficient (Wildman–Crippen LogP) is 5.25. The van der Waals surface area contributed by atoms with Crippen molar-refractivity contribution in [2.24, 2.45) is 17.3 Å². The summed E-state index contributed by atoms with van der Waals surface area (Å²) < 4.78 is 1.95. The average Bonchev–Trinajstić information content (AvgIpc) is 3.10. The maximum Gasteiger partial charge on any atom is 0.256 e. The fourth-order valence-corrected chi connectivity index (χ4v) is 4.11. The first-order valence-corrected chi connectivity index (χ1v) is 10.7. The van der Waals surface area contributed by atoms with Gasteiger partial charge in [0.25, 0.3) is 5.91 Å². The van der Waals surface area contributed by atoms with Crippen molar-refractivity contribution < 1.29 is 4.79 Å². The van der Waals surface area contributed by atoms with Crippen molar-refractivity contribution in [3.63, 3.8) is 0 Å². The summed E-state index contributed by atoms with van der Waals surface area (Å²) in [5, 5.41) is 12.4. The number of aromatic nitrogens is 1. The summed E-state index contributed by atoms with van der Waals surface area (Å²) in [6, 6.07) is 27.3. The molecule has 0 bridgehead atoms. The van der Waals surface area contributed by atoms with E-state index in [0.29, 0.717) is 10.4 Å². The number of benzene rings is 3. The van der Waals surface area contributed by atoms with Crippen molar-refractivity contribution in [2.75, 3.05) is 5.32 Å². The number of hydrogen-bond acceptors (Lipinski definition) is 4. The predicted molar refractivity (Wildman–Crippen MR) is 127 cm³/mol. The quantitative estimate of drug-likeness (QED) is 0.344. The molecule has 0 fully saturated rings. The van der Waals surface area contributed by atoms with E-state index in [-0.39, 0.29) is 5.91 Å². The molecule has 1 aromatic heterocycles. The Bertz CT molecular complexity index is 1270. The SMILES string of the molecule is Cc1ccc(C(=O)Nc2sc(=NN=Cc3ccccc3)n(C)c2-c2ccccc2)cc1. The molecular weight excluding hydrogens is 404 g/mol. The summed E-state index contributed by atoms with van der Waals surface area (Å²) in [7, 11) is 1.93. The number of carbonyl (C=O) groups excluding carboxylic acids is 1. The molecule has 1 N–H and O–H groups in total. The number of nitrogens with zero attached hydrogens (tertiary/aromatic N) is 3. The fourth-order valence-electron chi connectivity index (χ4n) is 3.11. The minimum atomic E-state index is -0.154. The zero-order chi connectivity index (χ0) is 21.6. The van der Waals surface area contributed by atoms with Crippen LogP contribution in [0.2, 0.25) is 0 Å². The second-order valence-electron chi connectivity index (χ2n) is 7.06. The van der Waals surface area contributed by atoms with Crippen LogP contribution in [0.25, 0.3) is 11.3 Å². The lowest BCUT2D eigenvalue weighted by atomic mass is 10.1. The minimum Gasteiger partial charge on any atom is -0.316 e. The Balaban J connectivity index is 1.72. The van der Waals surface area contributed by atoms with Gasteiger partial charge >= 0.3 is 0 Å². The molecule has 0 aliphatic rings. The lowest BCUT2D eigenvalue weighted by Crippen LogP contribution is -2.12. The van der Waals surface area contributed by atoms with Gasteiger partial charge in [0, 0.05) is 18.2 Å². The molecule has 1 amide bonds. The summed E-state index contributed by atoms with van der Waals surface area (Å²) in [5.74, 6) is -0.154. The standard InChI is InChI=1S/C25H22N4OS/c1-18-13-15-21(16-14-18)23(30)27-24-22(20-11-7-4-8-12-20)29(2)25(31-24)28-26-17-19-9-5-3-6-10-19/h3-17H,1-2H3,(H,27,30). The number of carbonyl (C=O) groups is 1. The third-order valence-electron chi connectivity index (χ3n) is 4.77. The highest BCUT2D eigenvalue weighted by Gasteiger charge is 2.16. The smallest absolute Gasteiger partial charge is 0.256 e. The molecule has 4 aromatic rings. The van der Waals surface area contributed by atoms with Crippen LogP contribution in [-0.4, -0.2) is 16.7 Å². The zero-order valence-corrected chi connectivity index (χ0v) is 18.1. The first-order valence-electron chi connectivity index (χ1n) is 9.87. The fraction of sp³-hybridized carbons (Fsp3) is 0.0800. The van der Waals surface area contributed by atoms with Crippen molar-refractivity contribution in [1.29, 1.82) is 0 Å². The maximum absolute atomic E-state index is 12.9. The number of rotatable bonds is 5. The Labute approximate surface area is 185 Å². The summed E-state index contributed by atoms with van der Waals surface area (Å²) in [4.78, 5) is 13.5. The molecule has 5 nitrogen and oxygen atoms in total. The number of nitrogens with one attached hydrogen (secondary N) is 1. The molecule has 31 heavy (non-hydrogen) atoms. The van der Waals surface area contributed by atoms with Gasteiger partial charge in [-0.3, -0.25) is 4.79 Å². The second-order valence-corrected chi connectivity index (χ2v) is 8.04. The van der Waals surface area contributed by atoms with Crippen LogP contribution in [0.4, 0.5) is 5.00 Å². The van der Waals surface area contributed by atoms with Gasteiger partial charge in [0.05, 0.1) is 11.9 Å². The molecule has 0 spiro atoms. The van der Waals surface area contributed by atoms with Gasteiger partial charge in [-0.1, -0.05) is 89.7 Å². The van der Waals surface area contributed by atoms with Gasteiger partial charge in [0.15, 0.2) is 0 Å². The van der Waals surface area contributed by atoms with Gasteiger partial charge in [-0.15, -0.1) is 5.10 Å². The van der Waals surface area contributed by atoms with Crippen molar-refractivity contribution in [1.82, 2.24) is 4.57 Å². The molecule has 6 heteroatoms. The van der Waals surface area contributed by atoms with E-state index >= 15 is 0 Å². The maximum atomic E-state index is 12.9. The lowest BCUT2D eigenvalue weighted by Gasteiger charge is -2.08. The Hall–Kier alpha value is -3.77. The summed E-state index contributed by atoms with van der Waals surface area (Å²) in [6.07, 6.45) is 1.71. The van der Waals surface area contributed by atoms with Crippen molar-refractivity contribution in [2.45, 2.75) is 6.92 Å². The van der Waals surface area contributed by atoms with Gasteiger partial charge in [-0.05, 0) is 24.6 Å². The number of thiazole rings is 1. The van der Waals surface area contributed by atoms with Gasteiger partial charge in [0.1, 0.15) is 5.00 Å². The zero-order valence-electron chi connectivity index (χ0n) is 17.3. The summed E-state index contributed by atoms with van der Waals surface area (Å²) >= 11 is 1.39. The summed E-state index contributed by atoms with van der Waals surface area (Å²) in [6.45, 7) is 2.00. The molecule has 0 aliphatic carbocycles. The average molecular weight is 427 g/mol. The third-order valence-corrected chi connectivity index (χ3v) is 5.81. The number of anilines is 1. The van der Waals surface area contributed by atoms with Crippen LogP contribution in [0.3, 0.4) is 0 Å². The molecule has 3 aromatic carbocycles. The molecule has 0 unspecified atom stereocenters. The number of amides is 1. The topological polar surface area (TPSA) is 58.8 Å². The summed E-state index contributed by atoms with van der Waals surface area (Å²) in [5.41, 5.74) is 4.58. The highest BCUT2D eigenvalue weighted by molar-refractivity contribution is 7.14. The van der Waals surface area contributed by atoms with Crippen molar-refractivity contribution in [3.8, 4) is 11.3 Å². The monoisotopic (exact) mass is 426 g/mol. The highest BCUT2D eigenvalue weighted by Crippen LogP contribution is 2.30. The molecule has 0 saturated carbocycles. The van der Waals surface area contributed by atoms with Crippen LogP contribution < -0.4 is 10.1 Å². The van der Waals surface area contributed by atoms with E-state index in [4.69, 9.17) is 0 Å².